The summed E-state index contributed by atoms with van der Waals surface area (Å²) in [5, 5.41) is 0.452. The second-order valence-electron chi connectivity index (χ2n) is 6.95. The van der Waals surface area contributed by atoms with Gasteiger partial charge in [0, 0.05) is 11.9 Å². The first kappa shape index (κ1) is 16.3. The van der Waals surface area contributed by atoms with Gasteiger partial charge in [-0.25, -0.2) is 15.0 Å². The highest BCUT2D eigenvalue weighted by Crippen LogP contribution is 2.33. The summed E-state index contributed by atoms with van der Waals surface area (Å²) in [4.78, 5) is 13.7. The van der Waals surface area contributed by atoms with E-state index in [0.717, 1.165) is 46.6 Å². The second kappa shape index (κ2) is 6.06. The van der Waals surface area contributed by atoms with Crippen molar-refractivity contribution in [1.29, 1.82) is 0 Å². The molecule has 0 saturated carbocycles. The summed E-state index contributed by atoms with van der Waals surface area (Å²) in [6.07, 6.45) is 5.13. The molecule has 0 aliphatic heterocycles. The molecule has 1 aromatic carbocycles. The summed E-state index contributed by atoms with van der Waals surface area (Å²) < 4.78 is 2.04. The Morgan fingerprint density at radius 3 is 2.78 bits per heavy atom. The van der Waals surface area contributed by atoms with Gasteiger partial charge >= 0.3 is 0 Å². The minimum atomic E-state index is 0.443. The number of aryl methyl sites for hydroxylation is 3. The molecule has 0 spiro atoms. The average molecular weight is 376 g/mol. The molecule has 1 aliphatic rings. The third-order valence-electron chi connectivity index (χ3n) is 5.19. The second-order valence-corrected chi connectivity index (χ2v) is 7.33. The summed E-state index contributed by atoms with van der Waals surface area (Å²) >= 11 is 6.27. The molecule has 3 heterocycles. The average Bonchev–Trinajstić information content (AvgIpc) is 3.25. The number of benzene rings is 1. The topological polar surface area (TPSA) is 69.6 Å². The first-order valence-electron chi connectivity index (χ1n) is 9.00. The van der Waals surface area contributed by atoms with Crippen LogP contribution in [0.4, 0.5) is 5.82 Å². The minimum Gasteiger partial charge on any atom is -0.383 e. The maximum atomic E-state index is 6.27. The fourth-order valence-corrected chi connectivity index (χ4v) is 4.13. The molecule has 0 unspecified atom stereocenters. The lowest BCUT2D eigenvalue weighted by Gasteiger charge is -2.12. The zero-order chi connectivity index (χ0) is 18.5. The van der Waals surface area contributed by atoms with E-state index in [4.69, 9.17) is 22.3 Å². The van der Waals surface area contributed by atoms with Crippen molar-refractivity contribution in [3.8, 4) is 17.1 Å². The number of nitrogens with zero attached hydrogens (tertiary/aromatic N) is 4. The third kappa shape index (κ3) is 2.58. The number of rotatable bonds is 2. The van der Waals surface area contributed by atoms with Crippen LogP contribution in [0.5, 0.6) is 0 Å². The molecular formula is C21H18ClN5. The Morgan fingerprint density at radius 2 is 1.93 bits per heavy atom. The molecule has 0 radical (unpaired) electrons. The molecule has 1 aliphatic carbocycles. The van der Waals surface area contributed by atoms with E-state index in [9.17, 15) is 0 Å². The van der Waals surface area contributed by atoms with Crippen molar-refractivity contribution in [2.45, 2.75) is 26.2 Å². The summed E-state index contributed by atoms with van der Waals surface area (Å²) in [7, 11) is 0. The van der Waals surface area contributed by atoms with Crippen LogP contribution in [-0.2, 0) is 12.8 Å². The fourth-order valence-electron chi connectivity index (χ4n) is 3.89. The van der Waals surface area contributed by atoms with Crippen LogP contribution in [0.15, 0.2) is 42.6 Å². The molecule has 4 aromatic rings. The molecule has 5 rings (SSSR count). The van der Waals surface area contributed by atoms with Crippen molar-refractivity contribution in [2.75, 3.05) is 5.73 Å². The van der Waals surface area contributed by atoms with Crippen LogP contribution in [0.1, 0.15) is 23.1 Å². The summed E-state index contributed by atoms with van der Waals surface area (Å²) in [5.41, 5.74) is 13.3. The van der Waals surface area contributed by atoms with Gasteiger partial charge in [-0.1, -0.05) is 17.7 Å². The Bertz CT molecular complexity index is 1190. The lowest BCUT2D eigenvalue weighted by Crippen LogP contribution is -2.02. The number of nitrogen functional groups attached to an aromatic ring is 1. The van der Waals surface area contributed by atoms with Crippen LogP contribution in [0, 0.1) is 6.92 Å². The maximum Gasteiger partial charge on any atom is 0.166 e. The molecule has 2 N–H and O–H groups in total. The number of imidazole rings is 1. The van der Waals surface area contributed by atoms with Gasteiger partial charge < -0.3 is 5.73 Å². The van der Waals surface area contributed by atoms with Gasteiger partial charge in [-0.2, -0.15) is 0 Å². The van der Waals surface area contributed by atoms with Crippen LogP contribution < -0.4 is 5.73 Å². The lowest BCUT2D eigenvalue weighted by molar-refractivity contribution is 0.911. The van der Waals surface area contributed by atoms with Crippen molar-refractivity contribution in [3.05, 3.63) is 64.4 Å². The predicted octanol–water partition coefficient (Wildman–Crippen LogP) is 4.52. The Morgan fingerprint density at radius 1 is 1.07 bits per heavy atom. The van der Waals surface area contributed by atoms with Gasteiger partial charge in [0.25, 0.3) is 0 Å². The highest BCUT2D eigenvalue weighted by molar-refractivity contribution is 6.29. The van der Waals surface area contributed by atoms with Crippen LogP contribution >= 0.6 is 11.6 Å². The highest BCUT2D eigenvalue weighted by Gasteiger charge is 2.21. The lowest BCUT2D eigenvalue weighted by atomic mass is 10.1. The van der Waals surface area contributed by atoms with E-state index in [0.29, 0.717) is 11.0 Å². The monoisotopic (exact) mass is 375 g/mol. The SMILES string of the molecule is Cc1cc(Cl)nc2c1nc(-c1cccnc1N)n2-c1ccc2c(c1)CCC2. The first-order chi connectivity index (χ1) is 13.1. The molecule has 27 heavy (non-hydrogen) atoms. The quantitative estimate of drug-likeness (QED) is 0.523. The molecular weight excluding hydrogens is 358 g/mol. The van der Waals surface area contributed by atoms with E-state index < -0.39 is 0 Å². The third-order valence-corrected chi connectivity index (χ3v) is 5.39. The van der Waals surface area contributed by atoms with Gasteiger partial charge in [-0.05, 0) is 73.2 Å². The smallest absolute Gasteiger partial charge is 0.166 e. The Labute approximate surface area is 161 Å². The number of pyridine rings is 2. The van der Waals surface area contributed by atoms with Crippen molar-refractivity contribution < 1.29 is 0 Å². The van der Waals surface area contributed by atoms with E-state index >= 15 is 0 Å². The number of fused-ring (bicyclic) bond motifs is 2. The largest absolute Gasteiger partial charge is 0.383 e. The van der Waals surface area contributed by atoms with Gasteiger partial charge in [0.15, 0.2) is 11.5 Å². The molecule has 5 nitrogen and oxygen atoms in total. The van der Waals surface area contributed by atoms with Gasteiger partial charge in [0.1, 0.15) is 16.5 Å². The van der Waals surface area contributed by atoms with E-state index in [2.05, 4.69) is 28.2 Å². The first-order valence-corrected chi connectivity index (χ1v) is 9.38. The van der Waals surface area contributed by atoms with Gasteiger partial charge in [-0.3, -0.25) is 4.57 Å². The van der Waals surface area contributed by atoms with Gasteiger partial charge in [0.2, 0.25) is 0 Å². The van der Waals surface area contributed by atoms with Crippen LogP contribution in [0.3, 0.4) is 0 Å². The number of halogens is 1. The van der Waals surface area contributed by atoms with Crippen LogP contribution in [-0.4, -0.2) is 19.5 Å². The predicted molar refractivity (Wildman–Crippen MR) is 108 cm³/mol. The molecule has 3 aromatic heterocycles. The Kier molecular flexibility index (Phi) is 3.65. The van der Waals surface area contributed by atoms with Gasteiger partial charge in [0.05, 0.1) is 5.56 Å². The van der Waals surface area contributed by atoms with Crippen molar-refractivity contribution in [1.82, 2.24) is 19.5 Å². The normalized spacial score (nSPS) is 13.3. The van der Waals surface area contributed by atoms with Crippen molar-refractivity contribution in [2.24, 2.45) is 0 Å². The molecule has 0 atom stereocenters. The number of aromatic nitrogens is 4. The van der Waals surface area contributed by atoms with Crippen LogP contribution in [0.2, 0.25) is 5.15 Å². The van der Waals surface area contributed by atoms with Crippen LogP contribution in [0.25, 0.3) is 28.2 Å². The summed E-state index contributed by atoms with van der Waals surface area (Å²) in [5.74, 6) is 1.17. The number of anilines is 1. The molecule has 6 heteroatoms. The van der Waals surface area contributed by atoms with E-state index in [1.54, 1.807) is 6.20 Å². The molecule has 0 amide bonds. The molecule has 0 saturated heterocycles. The number of hydrogen-bond acceptors (Lipinski definition) is 4. The van der Waals surface area contributed by atoms with E-state index in [1.807, 2.05) is 29.7 Å². The zero-order valence-corrected chi connectivity index (χ0v) is 15.7. The molecule has 134 valence electrons. The highest BCUT2D eigenvalue weighted by atomic mass is 35.5. The van der Waals surface area contributed by atoms with Gasteiger partial charge in [-0.15, -0.1) is 0 Å². The van der Waals surface area contributed by atoms with Crippen molar-refractivity contribution in [3.63, 3.8) is 0 Å². The summed E-state index contributed by atoms with van der Waals surface area (Å²) in [6.45, 7) is 1.99. The zero-order valence-electron chi connectivity index (χ0n) is 14.9. The van der Waals surface area contributed by atoms with E-state index in [1.165, 1.54) is 17.5 Å². The van der Waals surface area contributed by atoms with E-state index in [-0.39, 0.29) is 0 Å². The molecule has 0 bridgehead atoms. The number of nitrogens with two attached hydrogens (primary N) is 1. The minimum absolute atomic E-state index is 0.443. The number of hydrogen-bond donors (Lipinski definition) is 1. The molecule has 0 fully saturated rings. The Hall–Kier alpha value is -2.92. The maximum absolute atomic E-state index is 6.27. The standard InChI is InChI=1S/C21H18ClN5/c1-12-10-17(22)25-21-18(12)26-20(16-6-3-9-24-19(16)23)27(21)15-8-7-13-4-2-5-14(13)11-15/h3,6-11H,2,4-5H2,1H3,(H2,23,24). The van der Waals surface area contributed by atoms with Crippen molar-refractivity contribution >= 4 is 28.6 Å². The summed E-state index contributed by atoms with van der Waals surface area (Å²) in [6, 6.07) is 12.2. The fraction of sp³-hybridized carbons (Fsp3) is 0.190. The Balaban J connectivity index is 1.86.